The topological polar surface area (TPSA) is 32.3 Å². The molecule has 0 fully saturated rings. The third kappa shape index (κ3) is 4.88. The van der Waals surface area contributed by atoms with Gasteiger partial charge in [0.15, 0.2) is 0 Å². The molecule has 122 valence electrons. The molecule has 1 amide bonds. The molecule has 23 heavy (non-hydrogen) atoms. The Hall–Kier alpha value is -1.72. The summed E-state index contributed by atoms with van der Waals surface area (Å²) in [5.74, 6) is -0.773. The number of hydrogen-bond donors (Lipinski definition) is 1. The van der Waals surface area contributed by atoms with Crippen LogP contribution in [-0.4, -0.2) is 23.9 Å². The van der Waals surface area contributed by atoms with E-state index in [1.807, 2.05) is 24.3 Å². The SMILES string of the molecule is CCN(CC)Cc1cccc(NC(=O)c2cc(F)ccc2Br)c1. The van der Waals surface area contributed by atoms with Gasteiger partial charge in [0.2, 0.25) is 0 Å². The van der Waals surface area contributed by atoms with E-state index in [2.05, 4.69) is 40.0 Å². The summed E-state index contributed by atoms with van der Waals surface area (Å²) in [5.41, 5.74) is 2.11. The normalized spacial score (nSPS) is 10.8. The highest BCUT2D eigenvalue weighted by atomic mass is 79.9. The fraction of sp³-hybridized carbons (Fsp3) is 0.278. The van der Waals surface area contributed by atoms with Crippen LogP contribution in [0.15, 0.2) is 46.9 Å². The average Bonchev–Trinajstić information content (AvgIpc) is 2.55. The Kier molecular flexibility index (Phi) is 6.30. The summed E-state index contributed by atoms with van der Waals surface area (Å²) < 4.78 is 13.9. The van der Waals surface area contributed by atoms with Crippen LogP contribution >= 0.6 is 15.9 Å². The predicted molar refractivity (Wildman–Crippen MR) is 95.1 cm³/mol. The number of hydrogen-bond acceptors (Lipinski definition) is 2. The van der Waals surface area contributed by atoms with Gasteiger partial charge in [0.05, 0.1) is 5.56 Å². The van der Waals surface area contributed by atoms with Gasteiger partial charge in [-0.05, 0) is 64.9 Å². The smallest absolute Gasteiger partial charge is 0.256 e. The fourth-order valence-corrected chi connectivity index (χ4v) is 2.75. The maximum Gasteiger partial charge on any atom is 0.256 e. The molecular formula is C18H20BrFN2O. The molecule has 5 heteroatoms. The molecule has 2 aromatic carbocycles. The number of benzene rings is 2. The maximum atomic E-state index is 13.3. The number of carbonyl (C=O) groups excluding carboxylic acids is 1. The summed E-state index contributed by atoms with van der Waals surface area (Å²) in [5, 5.41) is 2.82. The molecule has 0 atom stereocenters. The van der Waals surface area contributed by atoms with Gasteiger partial charge in [-0.3, -0.25) is 9.69 Å². The van der Waals surface area contributed by atoms with Crippen molar-refractivity contribution in [1.82, 2.24) is 4.90 Å². The van der Waals surface area contributed by atoms with Gasteiger partial charge in [-0.2, -0.15) is 0 Å². The lowest BCUT2D eigenvalue weighted by Crippen LogP contribution is -2.22. The van der Waals surface area contributed by atoms with Crippen molar-refractivity contribution >= 4 is 27.5 Å². The first-order chi connectivity index (χ1) is 11.0. The van der Waals surface area contributed by atoms with E-state index in [9.17, 15) is 9.18 Å². The number of rotatable bonds is 6. The van der Waals surface area contributed by atoms with Crippen LogP contribution in [0.5, 0.6) is 0 Å². The highest BCUT2D eigenvalue weighted by Gasteiger charge is 2.12. The highest BCUT2D eigenvalue weighted by Crippen LogP contribution is 2.20. The number of nitrogens with one attached hydrogen (secondary N) is 1. The number of anilines is 1. The highest BCUT2D eigenvalue weighted by molar-refractivity contribution is 9.10. The molecular weight excluding hydrogens is 359 g/mol. The van der Waals surface area contributed by atoms with Crippen LogP contribution in [-0.2, 0) is 6.54 Å². The third-order valence-electron chi connectivity index (χ3n) is 3.66. The molecule has 0 aliphatic rings. The summed E-state index contributed by atoms with van der Waals surface area (Å²) in [6.07, 6.45) is 0. The zero-order valence-corrected chi connectivity index (χ0v) is 14.9. The molecule has 0 aromatic heterocycles. The summed E-state index contributed by atoms with van der Waals surface area (Å²) in [4.78, 5) is 14.6. The van der Waals surface area contributed by atoms with Crippen LogP contribution in [0.3, 0.4) is 0 Å². The molecule has 0 heterocycles. The van der Waals surface area contributed by atoms with E-state index in [0.717, 1.165) is 25.2 Å². The van der Waals surface area contributed by atoms with Crippen LogP contribution in [0.4, 0.5) is 10.1 Å². The van der Waals surface area contributed by atoms with Gasteiger partial charge in [-0.25, -0.2) is 4.39 Å². The Labute approximate surface area is 144 Å². The lowest BCUT2D eigenvalue weighted by molar-refractivity contribution is 0.102. The van der Waals surface area contributed by atoms with Crippen molar-refractivity contribution in [1.29, 1.82) is 0 Å². The molecule has 0 saturated heterocycles. The zero-order chi connectivity index (χ0) is 16.8. The first kappa shape index (κ1) is 17.6. The van der Waals surface area contributed by atoms with E-state index in [1.54, 1.807) is 0 Å². The van der Waals surface area contributed by atoms with E-state index < -0.39 is 5.82 Å². The average molecular weight is 379 g/mol. The van der Waals surface area contributed by atoms with Gasteiger partial charge >= 0.3 is 0 Å². The Morgan fingerprint density at radius 2 is 1.91 bits per heavy atom. The van der Waals surface area contributed by atoms with Crippen LogP contribution in [0, 0.1) is 5.82 Å². The number of halogens is 2. The Morgan fingerprint density at radius 1 is 1.17 bits per heavy atom. The molecule has 0 spiro atoms. The van der Waals surface area contributed by atoms with Crippen molar-refractivity contribution in [2.24, 2.45) is 0 Å². The van der Waals surface area contributed by atoms with Gasteiger partial charge in [0, 0.05) is 16.7 Å². The van der Waals surface area contributed by atoms with E-state index in [-0.39, 0.29) is 11.5 Å². The predicted octanol–water partition coefficient (Wildman–Crippen LogP) is 4.68. The summed E-state index contributed by atoms with van der Waals surface area (Å²) in [6.45, 7) is 7.03. The van der Waals surface area contributed by atoms with Crippen molar-refractivity contribution < 1.29 is 9.18 Å². The van der Waals surface area contributed by atoms with Crippen molar-refractivity contribution in [2.45, 2.75) is 20.4 Å². The van der Waals surface area contributed by atoms with Gasteiger partial charge in [-0.15, -0.1) is 0 Å². The molecule has 0 aliphatic heterocycles. The largest absolute Gasteiger partial charge is 0.322 e. The standard InChI is InChI=1S/C18H20BrFN2O/c1-3-22(4-2)12-13-6-5-7-15(10-13)21-18(23)16-11-14(20)8-9-17(16)19/h5-11H,3-4,12H2,1-2H3,(H,21,23). The van der Waals surface area contributed by atoms with Gasteiger partial charge in [0.25, 0.3) is 5.91 Å². The minimum absolute atomic E-state index is 0.277. The maximum absolute atomic E-state index is 13.3. The molecule has 0 saturated carbocycles. The lowest BCUT2D eigenvalue weighted by Gasteiger charge is -2.18. The molecule has 0 bridgehead atoms. The molecule has 0 unspecified atom stereocenters. The summed E-state index contributed by atoms with van der Waals surface area (Å²) >= 11 is 3.28. The first-order valence-corrected chi connectivity index (χ1v) is 8.40. The monoisotopic (exact) mass is 378 g/mol. The molecule has 2 aromatic rings. The minimum Gasteiger partial charge on any atom is -0.322 e. The third-order valence-corrected chi connectivity index (χ3v) is 4.35. The van der Waals surface area contributed by atoms with Crippen LogP contribution in [0.25, 0.3) is 0 Å². The van der Waals surface area contributed by atoms with Crippen molar-refractivity contribution in [3.63, 3.8) is 0 Å². The second-order valence-electron chi connectivity index (χ2n) is 5.24. The Bertz CT molecular complexity index is 686. The molecule has 2 rings (SSSR count). The van der Waals surface area contributed by atoms with Gasteiger partial charge < -0.3 is 5.32 Å². The fourth-order valence-electron chi connectivity index (χ4n) is 2.32. The molecule has 1 N–H and O–H groups in total. The first-order valence-electron chi connectivity index (χ1n) is 7.61. The molecule has 0 radical (unpaired) electrons. The number of nitrogens with zero attached hydrogens (tertiary/aromatic N) is 1. The van der Waals surface area contributed by atoms with Crippen LogP contribution < -0.4 is 5.32 Å². The second kappa shape index (κ2) is 8.22. The Balaban J connectivity index is 2.13. The molecule has 3 nitrogen and oxygen atoms in total. The van der Waals surface area contributed by atoms with Crippen molar-refractivity contribution in [3.8, 4) is 0 Å². The number of carbonyl (C=O) groups is 1. The second-order valence-corrected chi connectivity index (χ2v) is 6.09. The van der Waals surface area contributed by atoms with Crippen LogP contribution in [0.1, 0.15) is 29.8 Å². The Morgan fingerprint density at radius 3 is 2.61 bits per heavy atom. The van der Waals surface area contributed by atoms with Crippen molar-refractivity contribution in [2.75, 3.05) is 18.4 Å². The number of amides is 1. The van der Waals surface area contributed by atoms with Crippen LogP contribution in [0.2, 0.25) is 0 Å². The van der Waals surface area contributed by atoms with E-state index in [0.29, 0.717) is 10.2 Å². The van der Waals surface area contributed by atoms with E-state index >= 15 is 0 Å². The van der Waals surface area contributed by atoms with E-state index in [1.165, 1.54) is 18.2 Å². The van der Waals surface area contributed by atoms with Crippen molar-refractivity contribution in [3.05, 3.63) is 63.9 Å². The van der Waals surface area contributed by atoms with Gasteiger partial charge in [0.1, 0.15) is 5.82 Å². The molecule has 0 aliphatic carbocycles. The minimum atomic E-state index is -0.436. The zero-order valence-electron chi connectivity index (χ0n) is 13.3. The summed E-state index contributed by atoms with van der Waals surface area (Å²) in [6, 6.07) is 11.8. The lowest BCUT2D eigenvalue weighted by atomic mass is 10.1. The van der Waals surface area contributed by atoms with E-state index in [4.69, 9.17) is 0 Å². The van der Waals surface area contributed by atoms with Gasteiger partial charge in [-0.1, -0.05) is 26.0 Å². The summed E-state index contributed by atoms with van der Waals surface area (Å²) in [7, 11) is 0. The quantitative estimate of drug-likeness (QED) is 0.790.